The van der Waals surface area contributed by atoms with E-state index >= 15 is 0 Å². The van der Waals surface area contributed by atoms with Crippen molar-refractivity contribution in [2.24, 2.45) is 0 Å². The molecule has 0 aromatic heterocycles. The van der Waals surface area contributed by atoms with Crippen LogP contribution < -0.4 is 0 Å². The van der Waals surface area contributed by atoms with Crippen LogP contribution in [-0.4, -0.2) is 43.9 Å². The van der Waals surface area contributed by atoms with E-state index < -0.39 is 0 Å². The van der Waals surface area contributed by atoms with E-state index in [1.165, 1.54) is 12.0 Å². The smallest absolute Gasteiger partial charge is 0.0720 e. The van der Waals surface area contributed by atoms with Crippen LogP contribution in [0.4, 0.5) is 0 Å². The van der Waals surface area contributed by atoms with Gasteiger partial charge in [0.2, 0.25) is 0 Å². The van der Waals surface area contributed by atoms with Crippen molar-refractivity contribution >= 4 is 0 Å². The molecule has 0 N–H and O–H groups in total. The van der Waals surface area contributed by atoms with Gasteiger partial charge in [0.15, 0.2) is 0 Å². The summed E-state index contributed by atoms with van der Waals surface area (Å²) in [5.41, 5.74) is 1.20. The van der Waals surface area contributed by atoms with Crippen molar-refractivity contribution in [3.8, 4) is 6.07 Å². The Morgan fingerprint density at radius 3 is 2.74 bits per heavy atom. The maximum atomic E-state index is 8.86. The van der Waals surface area contributed by atoms with E-state index in [2.05, 4.69) is 49.3 Å². The Hall–Kier alpha value is -1.67. The number of rotatable bonds is 12. The average molecular weight is 371 g/mol. The maximum absolute atomic E-state index is 8.86. The molecular weight excluding hydrogens is 336 g/mol. The minimum Gasteiger partial charge on any atom is -0.374 e. The SMILES string of the molecule is CN(C)CCC/C=C\C[C@H](C[C@H]1CCC(CC#N)O1)OCc1ccccc1. The first-order valence-corrected chi connectivity index (χ1v) is 10.1. The summed E-state index contributed by atoms with van der Waals surface area (Å²) in [6.45, 7) is 1.75. The fraction of sp³-hybridized carbons (Fsp3) is 0.609. The molecule has 1 fully saturated rings. The topological polar surface area (TPSA) is 45.5 Å². The number of hydrogen-bond acceptors (Lipinski definition) is 4. The molecule has 1 saturated heterocycles. The second-order valence-electron chi connectivity index (χ2n) is 7.63. The zero-order valence-corrected chi connectivity index (χ0v) is 16.8. The molecule has 0 bridgehead atoms. The van der Waals surface area contributed by atoms with Crippen LogP contribution in [0.1, 0.15) is 50.5 Å². The van der Waals surface area contributed by atoms with Crippen LogP contribution >= 0.6 is 0 Å². The zero-order valence-electron chi connectivity index (χ0n) is 16.8. The van der Waals surface area contributed by atoms with E-state index in [1.54, 1.807) is 0 Å². The number of nitriles is 1. The van der Waals surface area contributed by atoms with Gasteiger partial charge in [-0.1, -0.05) is 42.5 Å². The van der Waals surface area contributed by atoms with E-state index in [1.807, 2.05) is 18.2 Å². The third-order valence-electron chi connectivity index (χ3n) is 4.91. The van der Waals surface area contributed by atoms with Crippen LogP contribution in [0.2, 0.25) is 0 Å². The van der Waals surface area contributed by atoms with Gasteiger partial charge in [0, 0.05) is 6.42 Å². The summed E-state index contributed by atoms with van der Waals surface area (Å²) in [6, 6.07) is 12.5. The highest BCUT2D eigenvalue weighted by atomic mass is 16.5. The monoisotopic (exact) mass is 370 g/mol. The summed E-state index contributed by atoms with van der Waals surface area (Å²) in [7, 11) is 4.22. The third-order valence-corrected chi connectivity index (χ3v) is 4.91. The van der Waals surface area contributed by atoms with Crippen molar-refractivity contribution in [3.63, 3.8) is 0 Å². The van der Waals surface area contributed by atoms with Gasteiger partial charge in [-0.15, -0.1) is 0 Å². The molecule has 1 aliphatic rings. The second-order valence-corrected chi connectivity index (χ2v) is 7.63. The Labute approximate surface area is 164 Å². The highest BCUT2D eigenvalue weighted by Gasteiger charge is 2.27. The number of unbranched alkanes of at least 4 members (excludes halogenated alkanes) is 1. The average Bonchev–Trinajstić information content (AvgIpc) is 3.10. The van der Waals surface area contributed by atoms with Crippen molar-refractivity contribution in [1.29, 1.82) is 5.26 Å². The second kappa shape index (κ2) is 12.7. The summed E-state index contributed by atoms with van der Waals surface area (Å²) in [5.74, 6) is 0. The van der Waals surface area contributed by atoms with Crippen LogP contribution in [0, 0.1) is 11.3 Å². The maximum Gasteiger partial charge on any atom is 0.0720 e. The fourth-order valence-corrected chi connectivity index (χ4v) is 3.41. The number of allylic oxidation sites excluding steroid dienone is 1. The Balaban J connectivity index is 1.80. The Kier molecular flexibility index (Phi) is 10.1. The fourth-order valence-electron chi connectivity index (χ4n) is 3.41. The van der Waals surface area contributed by atoms with E-state index in [4.69, 9.17) is 14.7 Å². The molecule has 0 amide bonds. The molecule has 1 aliphatic heterocycles. The number of nitrogens with zero attached hydrogens (tertiary/aromatic N) is 2. The standard InChI is InChI=1S/C23H34N2O2/c1-25(2)17-9-4-3-8-12-22(26-19-20-10-6-5-7-11-20)18-23-14-13-21(27-23)15-16-24/h3,5-8,10-11,21-23H,4,9,12-15,17-19H2,1-2H3/b8-3-/t21?,22-,23-/m1/s1. The molecule has 4 nitrogen and oxygen atoms in total. The minimum absolute atomic E-state index is 0.108. The molecule has 1 unspecified atom stereocenters. The lowest BCUT2D eigenvalue weighted by Crippen LogP contribution is -2.21. The Bertz CT molecular complexity index is 580. The first-order valence-electron chi connectivity index (χ1n) is 10.1. The molecule has 1 aromatic rings. The molecule has 4 heteroatoms. The Morgan fingerprint density at radius 1 is 1.22 bits per heavy atom. The number of ether oxygens (including phenoxy) is 2. The van der Waals surface area contributed by atoms with Crippen LogP contribution in [0.15, 0.2) is 42.5 Å². The molecular formula is C23H34N2O2. The lowest BCUT2D eigenvalue weighted by molar-refractivity contribution is -0.0198. The molecule has 1 heterocycles. The number of benzene rings is 1. The van der Waals surface area contributed by atoms with Crippen LogP contribution in [0.3, 0.4) is 0 Å². The predicted octanol–water partition coefficient (Wildman–Crippen LogP) is 4.71. The number of hydrogen-bond donors (Lipinski definition) is 0. The molecule has 0 aliphatic carbocycles. The largest absolute Gasteiger partial charge is 0.374 e. The van der Waals surface area contributed by atoms with E-state index in [0.29, 0.717) is 13.0 Å². The summed E-state index contributed by atoms with van der Waals surface area (Å²) in [4.78, 5) is 2.22. The lowest BCUT2D eigenvalue weighted by Gasteiger charge is -2.21. The first-order chi connectivity index (χ1) is 13.2. The highest BCUT2D eigenvalue weighted by Crippen LogP contribution is 2.27. The van der Waals surface area contributed by atoms with Gasteiger partial charge in [-0.2, -0.15) is 5.26 Å². The van der Waals surface area contributed by atoms with Crippen molar-refractivity contribution < 1.29 is 9.47 Å². The predicted molar refractivity (Wildman–Crippen MR) is 109 cm³/mol. The molecule has 148 valence electrons. The van der Waals surface area contributed by atoms with Gasteiger partial charge >= 0.3 is 0 Å². The molecule has 27 heavy (non-hydrogen) atoms. The Morgan fingerprint density at radius 2 is 2.00 bits per heavy atom. The van der Waals surface area contributed by atoms with Crippen LogP contribution in [-0.2, 0) is 16.1 Å². The molecule has 0 spiro atoms. The first kappa shape index (κ1) is 21.6. The van der Waals surface area contributed by atoms with Crippen LogP contribution in [0.5, 0.6) is 0 Å². The molecule has 3 atom stereocenters. The molecule has 0 radical (unpaired) electrons. The van der Waals surface area contributed by atoms with Gasteiger partial charge in [-0.05, 0) is 58.3 Å². The highest BCUT2D eigenvalue weighted by molar-refractivity contribution is 5.13. The van der Waals surface area contributed by atoms with Gasteiger partial charge in [0.25, 0.3) is 0 Å². The van der Waals surface area contributed by atoms with E-state index in [9.17, 15) is 0 Å². The summed E-state index contributed by atoms with van der Waals surface area (Å²) in [6.07, 6.45) is 11.6. The van der Waals surface area contributed by atoms with Gasteiger partial charge in [0.1, 0.15) is 0 Å². The summed E-state index contributed by atoms with van der Waals surface area (Å²) < 4.78 is 12.2. The zero-order chi connectivity index (χ0) is 19.3. The van der Waals surface area contributed by atoms with Crippen molar-refractivity contribution in [3.05, 3.63) is 48.0 Å². The third kappa shape index (κ3) is 9.19. The van der Waals surface area contributed by atoms with Crippen LogP contribution in [0.25, 0.3) is 0 Å². The lowest BCUT2D eigenvalue weighted by atomic mass is 10.0. The van der Waals surface area contributed by atoms with Gasteiger partial charge in [0.05, 0.1) is 37.4 Å². The van der Waals surface area contributed by atoms with Crippen molar-refractivity contribution in [2.45, 2.75) is 69.9 Å². The normalized spacial score (nSPS) is 21.0. The van der Waals surface area contributed by atoms with E-state index in [0.717, 1.165) is 38.6 Å². The quantitative estimate of drug-likeness (QED) is 0.395. The van der Waals surface area contributed by atoms with Crippen molar-refractivity contribution in [1.82, 2.24) is 4.90 Å². The van der Waals surface area contributed by atoms with Gasteiger partial charge < -0.3 is 14.4 Å². The van der Waals surface area contributed by atoms with Crippen molar-refractivity contribution in [2.75, 3.05) is 20.6 Å². The molecule has 1 aromatic carbocycles. The molecule has 0 saturated carbocycles. The van der Waals surface area contributed by atoms with E-state index in [-0.39, 0.29) is 18.3 Å². The van der Waals surface area contributed by atoms with Gasteiger partial charge in [-0.25, -0.2) is 0 Å². The molecule has 2 rings (SSSR count). The van der Waals surface area contributed by atoms with Gasteiger partial charge in [-0.3, -0.25) is 0 Å². The minimum atomic E-state index is 0.108. The summed E-state index contributed by atoms with van der Waals surface area (Å²) in [5, 5.41) is 8.86. The summed E-state index contributed by atoms with van der Waals surface area (Å²) >= 11 is 0.